The van der Waals surface area contributed by atoms with Gasteiger partial charge >= 0.3 is 11.9 Å². The van der Waals surface area contributed by atoms with Crippen LogP contribution in [0.15, 0.2) is 12.2 Å². The van der Waals surface area contributed by atoms with Gasteiger partial charge in [0.1, 0.15) is 0 Å². The Morgan fingerprint density at radius 2 is 2.14 bits per heavy atom. The smallest absolute Gasteiger partial charge is 0.327 e. The molecule has 0 aromatic heterocycles. The quantitative estimate of drug-likeness (QED) is 0.386. The average Bonchev–Trinajstić information content (AvgIpc) is 2.11. The molecule has 4 heteroatoms. The highest BCUT2D eigenvalue weighted by Crippen LogP contribution is 1.96. The Kier molecular flexibility index (Phi) is 7.50. The van der Waals surface area contributed by atoms with E-state index in [-0.39, 0.29) is 5.97 Å². The van der Waals surface area contributed by atoms with Crippen LogP contribution in [0.25, 0.3) is 0 Å². The SMILES string of the molecule is CCCC(=O)OCCC/C=C/C(=O)O. The number of carboxylic acids is 1. The Bertz CT molecular complexity index is 208. The molecule has 0 aromatic rings. The highest BCUT2D eigenvalue weighted by Gasteiger charge is 1.98. The monoisotopic (exact) mass is 200 g/mol. The van der Waals surface area contributed by atoms with Gasteiger partial charge < -0.3 is 9.84 Å². The van der Waals surface area contributed by atoms with E-state index in [1.54, 1.807) is 6.08 Å². The van der Waals surface area contributed by atoms with E-state index in [4.69, 9.17) is 9.84 Å². The molecule has 0 bridgehead atoms. The van der Waals surface area contributed by atoms with E-state index in [2.05, 4.69) is 0 Å². The Hall–Kier alpha value is -1.32. The maximum absolute atomic E-state index is 10.8. The molecular weight excluding hydrogens is 184 g/mol. The van der Waals surface area contributed by atoms with Gasteiger partial charge in [0.15, 0.2) is 0 Å². The minimum atomic E-state index is -0.951. The van der Waals surface area contributed by atoms with Crippen LogP contribution >= 0.6 is 0 Å². The molecule has 0 saturated heterocycles. The van der Waals surface area contributed by atoms with Crippen LogP contribution in [0.4, 0.5) is 0 Å². The third-order valence-electron chi connectivity index (χ3n) is 1.49. The first kappa shape index (κ1) is 12.7. The number of allylic oxidation sites excluding steroid dienone is 1. The molecule has 1 N–H and O–H groups in total. The van der Waals surface area contributed by atoms with E-state index in [0.717, 1.165) is 12.5 Å². The minimum absolute atomic E-state index is 0.185. The minimum Gasteiger partial charge on any atom is -0.478 e. The summed E-state index contributed by atoms with van der Waals surface area (Å²) in [4.78, 5) is 20.9. The topological polar surface area (TPSA) is 63.6 Å². The fourth-order valence-electron chi connectivity index (χ4n) is 0.848. The number of hydrogen-bond donors (Lipinski definition) is 1. The summed E-state index contributed by atoms with van der Waals surface area (Å²) < 4.78 is 4.87. The van der Waals surface area contributed by atoms with Gasteiger partial charge in [-0.15, -0.1) is 0 Å². The molecule has 0 heterocycles. The van der Waals surface area contributed by atoms with Gasteiger partial charge in [-0.2, -0.15) is 0 Å². The molecule has 0 aliphatic heterocycles. The van der Waals surface area contributed by atoms with Crippen LogP contribution in [-0.4, -0.2) is 23.7 Å². The third-order valence-corrected chi connectivity index (χ3v) is 1.49. The number of rotatable bonds is 7. The molecule has 0 aromatic carbocycles. The van der Waals surface area contributed by atoms with Gasteiger partial charge in [0.25, 0.3) is 0 Å². The van der Waals surface area contributed by atoms with Gasteiger partial charge in [-0.05, 0) is 19.3 Å². The maximum atomic E-state index is 10.8. The van der Waals surface area contributed by atoms with E-state index < -0.39 is 5.97 Å². The van der Waals surface area contributed by atoms with Crippen molar-refractivity contribution in [3.63, 3.8) is 0 Å². The predicted molar refractivity (Wildman–Crippen MR) is 51.9 cm³/mol. The summed E-state index contributed by atoms with van der Waals surface area (Å²) in [5.74, 6) is -1.14. The summed E-state index contributed by atoms with van der Waals surface area (Å²) in [6.45, 7) is 2.28. The normalized spacial score (nSPS) is 10.4. The standard InChI is InChI=1S/C10H16O4/c1-2-6-10(13)14-8-5-3-4-7-9(11)12/h4,7H,2-3,5-6,8H2,1H3,(H,11,12)/b7-4+. The van der Waals surface area contributed by atoms with Gasteiger partial charge in [0, 0.05) is 12.5 Å². The molecule has 4 nitrogen and oxygen atoms in total. The second kappa shape index (κ2) is 8.29. The number of aliphatic carboxylic acids is 1. The van der Waals surface area contributed by atoms with E-state index in [1.165, 1.54) is 0 Å². The Balaban J connectivity index is 3.29. The van der Waals surface area contributed by atoms with Crippen molar-refractivity contribution in [2.75, 3.05) is 6.61 Å². The third kappa shape index (κ3) is 8.77. The molecule has 0 rings (SSSR count). The lowest BCUT2D eigenvalue weighted by Gasteiger charge is -2.01. The van der Waals surface area contributed by atoms with Gasteiger partial charge in [-0.25, -0.2) is 4.79 Å². The van der Waals surface area contributed by atoms with Gasteiger partial charge in [-0.1, -0.05) is 13.0 Å². The zero-order valence-electron chi connectivity index (χ0n) is 8.36. The van der Waals surface area contributed by atoms with E-state index in [0.29, 0.717) is 25.9 Å². The molecule has 0 spiro atoms. The maximum Gasteiger partial charge on any atom is 0.327 e. The number of unbranched alkanes of at least 4 members (excludes halogenated alkanes) is 1. The largest absolute Gasteiger partial charge is 0.478 e. The predicted octanol–water partition coefficient (Wildman–Crippen LogP) is 1.75. The van der Waals surface area contributed by atoms with Crippen molar-refractivity contribution in [3.8, 4) is 0 Å². The lowest BCUT2D eigenvalue weighted by Crippen LogP contribution is -2.04. The van der Waals surface area contributed by atoms with Gasteiger partial charge in [-0.3, -0.25) is 4.79 Å². The molecule has 0 amide bonds. The fraction of sp³-hybridized carbons (Fsp3) is 0.600. The van der Waals surface area contributed by atoms with Crippen LogP contribution in [0.5, 0.6) is 0 Å². The van der Waals surface area contributed by atoms with Crippen LogP contribution in [0.3, 0.4) is 0 Å². The zero-order valence-corrected chi connectivity index (χ0v) is 8.36. The number of carbonyl (C=O) groups is 2. The van der Waals surface area contributed by atoms with Crippen LogP contribution in [0.1, 0.15) is 32.6 Å². The van der Waals surface area contributed by atoms with Crippen LogP contribution in [0, 0.1) is 0 Å². The number of ether oxygens (including phenoxy) is 1. The summed E-state index contributed by atoms with van der Waals surface area (Å²) in [5, 5.41) is 8.26. The lowest BCUT2D eigenvalue weighted by atomic mass is 10.3. The van der Waals surface area contributed by atoms with Crippen LogP contribution < -0.4 is 0 Å². The van der Waals surface area contributed by atoms with E-state index in [1.807, 2.05) is 6.92 Å². The van der Waals surface area contributed by atoms with Gasteiger partial charge in [0.05, 0.1) is 6.61 Å². The van der Waals surface area contributed by atoms with Gasteiger partial charge in [0.2, 0.25) is 0 Å². The zero-order chi connectivity index (χ0) is 10.8. The van der Waals surface area contributed by atoms with Crippen molar-refractivity contribution in [2.24, 2.45) is 0 Å². The second-order valence-corrected chi connectivity index (χ2v) is 2.85. The number of esters is 1. The summed E-state index contributed by atoms with van der Waals surface area (Å²) in [6, 6.07) is 0. The molecule has 14 heavy (non-hydrogen) atoms. The number of carbonyl (C=O) groups excluding carboxylic acids is 1. The summed E-state index contributed by atoms with van der Waals surface area (Å²) >= 11 is 0. The molecule has 0 saturated carbocycles. The van der Waals surface area contributed by atoms with Crippen LogP contribution in [-0.2, 0) is 14.3 Å². The first-order valence-corrected chi connectivity index (χ1v) is 4.72. The Morgan fingerprint density at radius 1 is 1.43 bits per heavy atom. The molecular formula is C10H16O4. The van der Waals surface area contributed by atoms with E-state index in [9.17, 15) is 9.59 Å². The Morgan fingerprint density at radius 3 is 2.71 bits per heavy atom. The van der Waals surface area contributed by atoms with E-state index >= 15 is 0 Å². The molecule has 0 aliphatic rings. The first-order valence-electron chi connectivity index (χ1n) is 4.72. The van der Waals surface area contributed by atoms with Crippen molar-refractivity contribution < 1.29 is 19.4 Å². The summed E-state index contributed by atoms with van der Waals surface area (Å²) in [6.07, 6.45) is 5.16. The summed E-state index contributed by atoms with van der Waals surface area (Å²) in [5.41, 5.74) is 0. The lowest BCUT2D eigenvalue weighted by molar-refractivity contribution is -0.143. The molecule has 80 valence electrons. The van der Waals surface area contributed by atoms with Crippen LogP contribution in [0.2, 0.25) is 0 Å². The summed E-state index contributed by atoms with van der Waals surface area (Å²) in [7, 11) is 0. The average molecular weight is 200 g/mol. The van der Waals surface area contributed by atoms with Crippen molar-refractivity contribution in [2.45, 2.75) is 32.6 Å². The molecule has 0 unspecified atom stereocenters. The molecule has 0 fully saturated rings. The first-order chi connectivity index (χ1) is 6.66. The number of carboxylic acid groups (broad SMARTS) is 1. The molecule has 0 aliphatic carbocycles. The highest BCUT2D eigenvalue weighted by atomic mass is 16.5. The van der Waals surface area contributed by atoms with Crippen molar-refractivity contribution in [3.05, 3.63) is 12.2 Å². The number of hydrogen-bond acceptors (Lipinski definition) is 3. The fourth-order valence-corrected chi connectivity index (χ4v) is 0.848. The molecule has 0 atom stereocenters. The highest BCUT2D eigenvalue weighted by molar-refractivity contribution is 5.79. The second-order valence-electron chi connectivity index (χ2n) is 2.85. The van der Waals surface area contributed by atoms with Crippen molar-refractivity contribution >= 4 is 11.9 Å². The Labute approximate surface area is 83.6 Å². The van der Waals surface area contributed by atoms with Crippen molar-refractivity contribution in [1.29, 1.82) is 0 Å². The molecule has 0 radical (unpaired) electrons. The van der Waals surface area contributed by atoms with Crippen molar-refractivity contribution in [1.82, 2.24) is 0 Å².